The number of hydrogen-bond donors (Lipinski definition) is 0. The first-order chi connectivity index (χ1) is 8.90. The molecule has 2 aromatic rings. The molecule has 0 aromatic carbocycles. The zero-order valence-corrected chi connectivity index (χ0v) is 11.9. The summed E-state index contributed by atoms with van der Waals surface area (Å²) >= 11 is 6.08. The van der Waals surface area contributed by atoms with Crippen LogP contribution >= 0.6 is 11.6 Å². The van der Waals surface area contributed by atoms with E-state index in [9.17, 15) is 4.79 Å². The number of halogens is 1. The van der Waals surface area contributed by atoms with E-state index in [0.29, 0.717) is 28.2 Å². The summed E-state index contributed by atoms with van der Waals surface area (Å²) in [5.74, 6) is 0.595. The van der Waals surface area contributed by atoms with Crippen LogP contribution < -0.4 is 0 Å². The van der Waals surface area contributed by atoms with Gasteiger partial charge in [-0.1, -0.05) is 11.6 Å². The largest absolute Gasteiger partial charge is 0.424 e. The molecule has 0 saturated carbocycles. The summed E-state index contributed by atoms with van der Waals surface area (Å²) in [5, 5.41) is 12.0. The molecule has 8 heteroatoms. The number of carbonyl (C=O) groups is 1. The number of aryl methyl sites for hydroxylation is 3. The van der Waals surface area contributed by atoms with Crippen molar-refractivity contribution in [1.29, 1.82) is 0 Å². The Labute approximate surface area is 115 Å². The van der Waals surface area contributed by atoms with Crippen molar-refractivity contribution in [2.24, 2.45) is 7.05 Å². The van der Waals surface area contributed by atoms with Gasteiger partial charge in [0, 0.05) is 21.0 Å². The number of carbonyl (C=O) groups excluding carboxylic acids is 1. The van der Waals surface area contributed by atoms with Crippen molar-refractivity contribution >= 4 is 17.5 Å². The Morgan fingerprint density at radius 1 is 1.42 bits per heavy atom. The molecule has 102 valence electrons. The van der Waals surface area contributed by atoms with E-state index in [0.717, 1.165) is 0 Å². The topological polar surface area (TPSA) is 77.1 Å². The fourth-order valence-corrected chi connectivity index (χ4v) is 1.96. The molecule has 0 aliphatic carbocycles. The summed E-state index contributed by atoms with van der Waals surface area (Å²) < 4.78 is 6.70. The molecule has 1 amide bonds. The van der Waals surface area contributed by atoms with Gasteiger partial charge in [-0.2, -0.15) is 5.10 Å². The molecule has 0 aliphatic rings. The van der Waals surface area contributed by atoms with Crippen molar-refractivity contribution in [2.75, 3.05) is 7.05 Å². The number of amides is 1. The van der Waals surface area contributed by atoms with E-state index in [1.807, 2.05) is 0 Å². The van der Waals surface area contributed by atoms with Crippen LogP contribution in [0.2, 0.25) is 5.02 Å². The maximum atomic E-state index is 12.3. The molecule has 19 heavy (non-hydrogen) atoms. The molecular formula is C11H14ClN5O2. The molecule has 0 fully saturated rings. The van der Waals surface area contributed by atoms with E-state index in [-0.39, 0.29) is 12.5 Å². The summed E-state index contributed by atoms with van der Waals surface area (Å²) in [5.41, 5.74) is 0.965. The lowest BCUT2D eigenvalue weighted by Crippen LogP contribution is -2.28. The third-order valence-electron chi connectivity index (χ3n) is 2.64. The zero-order chi connectivity index (χ0) is 14.2. The summed E-state index contributed by atoms with van der Waals surface area (Å²) in [6, 6.07) is 0. The minimum atomic E-state index is -0.246. The van der Waals surface area contributed by atoms with E-state index >= 15 is 0 Å². The number of nitrogens with zero attached hydrogens (tertiary/aromatic N) is 5. The van der Waals surface area contributed by atoms with Gasteiger partial charge < -0.3 is 9.32 Å². The minimum Gasteiger partial charge on any atom is -0.424 e. The maximum Gasteiger partial charge on any atom is 0.273 e. The fourth-order valence-electron chi connectivity index (χ4n) is 1.72. The molecular weight excluding hydrogens is 270 g/mol. The van der Waals surface area contributed by atoms with Crippen LogP contribution in [0.5, 0.6) is 0 Å². The minimum absolute atomic E-state index is 0.222. The average molecular weight is 284 g/mol. The monoisotopic (exact) mass is 283 g/mol. The summed E-state index contributed by atoms with van der Waals surface area (Å²) in [7, 11) is 3.32. The lowest BCUT2D eigenvalue weighted by atomic mass is 10.3. The van der Waals surface area contributed by atoms with Crippen LogP contribution in [0.25, 0.3) is 0 Å². The van der Waals surface area contributed by atoms with Crippen molar-refractivity contribution in [3.63, 3.8) is 0 Å². The molecule has 2 rings (SSSR count). The Hall–Kier alpha value is -1.89. The SMILES string of the molecule is Cc1nnc(CN(C)C(=O)c2c(Cl)c(C)nn2C)o1. The lowest BCUT2D eigenvalue weighted by molar-refractivity contribution is 0.0761. The van der Waals surface area contributed by atoms with Gasteiger partial charge in [0.05, 0.1) is 17.3 Å². The van der Waals surface area contributed by atoms with E-state index in [1.54, 1.807) is 27.9 Å². The molecule has 0 radical (unpaired) electrons. The zero-order valence-electron chi connectivity index (χ0n) is 11.1. The van der Waals surface area contributed by atoms with Crippen molar-refractivity contribution in [2.45, 2.75) is 20.4 Å². The number of rotatable bonds is 3. The van der Waals surface area contributed by atoms with Crippen LogP contribution in [0.15, 0.2) is 4.42 Å². The van der Waals surface area contributed by atoms with Gasteiger partial charge in [0.15, 0.2) is 0 Å². The molecule has 0 saturated heterocycles. The van der Waals surface area contributed by atoms with Gasteiger partial charge in [-0.3, -0.25) is 9.48 Å². The van der Waals surface area contributed by atoms with Crippen LogP contribution in [0.3, 0.4) is 0 Å². The van der Waals surface area contributed by atoms with Gasteiger partial charge in [-0.15, -0.1) is 10.2 Å². The summed E-state index contributed by atoms with van der Waals surface area (Å²) in [6.07, 6.45) is 0. The van der Waals surface area contributed by atoms with Crippen molar-refractivity contribution in [1.82, 2.24) is 24.9 Å². The predicted octanol–water partition coefficient (Wildman–Crippen LogP) is 1.35. The summed E-state index contributed by atoms with van der Waals surface area (Å²) in [4.78, 5) is 13.8. The molecule has 2 aromatic heterocycles. The molecule has 2 heterocycles. The molecule has 0 atom stereocenters. The second kappa shape index (κ2) is 5.00. The van der Waals surface area contributed by atoms with E-state index in [4.69, 9.17) is 16.0 Å². The second-order valence-corrected chi connectivity index (χ2v) is 4.63. The highest BCUT2D eigenvalue weighted by Gasteiger charge is 2.23. The lowest BCUT2D eigenvalue weighted by Gasteiger charge is -2.15. The van der Waals surface area contributed by atoms with E-state index < -0.39 is 0 Å². The van der Waals surface area contributed by atoms with Gasteiger partial charge in [-0.25, -0.2) is 0 Å². The molecule has 7 nitrogen and oxygen atoms in total. The predicted molar refractivity (Wildman–Crippen MR) is 67.8 cm³/mol. The second-order valence-electron chi connectivity index (χ2n) is 4.25. The highest BCUT2D eigenvalue weighted by molar-refractivity contribution is 6.34. The first-order valence-corrected chi connectivity index (χ1v) is 6.01. The summed E-state index contributed by atoms with van der Waals surface area (Å²) in [6.45, 7) is 3.67. The van der Waals surface area contributed by atoms with E-state index in [1.165, 1.54) is 9.58 Å². The molecule has 0 aliphatic heterocycles. The fraction of sp³-hybridized carbons (Fsp3) is 0.455. The number of aromatic nitrogens is 4. The van der Waals surface area contributed by atoms with Gasteiger partial charge in [0.25, 0.3) is 5.91 Å². The van der Waals surface area contributed by atoms with Gasteiger partial charge in [0.1, 0.15) is 5.69 Å². The van der Waals surface area contributed by atoms with Crippen molar-refractivity contribution in [3.05, 3.63) is 28.2 Å². The number of hydrogen-bond acceptors (Lipinski definition) is 5. The van der Waals surface area contributed by atoms with Crippen LogP contribution in [0.1, 0.15) is 28.0 Å². The Morgan fingerprint density at radius 2 is 2.11 bits per heavy atom. The Morgan fingerprint density at radius 3 is 2.58 bits per heavy atom. The highest BCUT2D eigenvalue weighted by Crippen LogP contribution is 2.21. The van der Waals surface area contributed by atoms with Crippen LogP contribution in [0, 0.1) is 13.8 Å². The Balaban J connectivity index is 2.19. The first-order valence-electron chi connectivity index (χ1n) is 5.63. The molecule has 0 bridgehead atoms. The van der Waals surface area contributed by atoms with Crippen molar-refractivity contribution in [3.8, 4) is 0 Å². The normalized spacial score (nSPS) is 10.8. The first kappa shape index (κ1) is 13.5. The van der Waals surface area contributed by atoms with Gasteiger partial charge >= 0.3 is 0 Å². The van der Waals surface area contributed by atoms with Crippen LogP contribution in [0.4, 0.5) is 0 Å². The quantitative estimate of drug-likeness (QED) is 0.850. The molecule has 0 N–H and O–H groups in total. The Bertz CT molecular complexity index is 619. The molecule has 0 unspecified atom stereocenters. The average Bonchev–Trinajstić information content (AvgIpc) is 2.84. The van der Waals surface area contributed by atoms with Crippen LogP contribution in [-0.2, 0) is 13.6 Å². The van der Waals surface area contributed by atoms with Gasteiger partial charge in [-0.05, 0) is 6.92 Å². The van der Waals surface area contributed by atoms with E-state index in [2.05, 4.69) is 15.3 Å². The van der Waals surface area contributed by atoms with Crippen molar-refractivity contribution < 1.29 is 9.21 Å². The standard InChI is InChI=1S/C11H14ClN5O2/c1-6-9(12)10(17(4)15-6)11(18)16(3)5-8-14-13-7(2)19-8/h5H2,1-4H3. The Kier molecular flexibility index (Phi) is 3.57. The van der Waals surface area contributed by atoms with Crippen LogP contribution in [-0.4, -0.2) is 37.8 Å². The highest BCUT2D eigenvalue weighted by atomic mass is 35.5. The van der Waals surface area contributed by atoms with Gasteiger partial charge in [0.2, 0.25) is 11.8 Å². The third kappa shape index (κ3) is 2.60. The maximum absolute atomic E-state index is 12.3. The molecule has 0 spiro atoms. The third-order valence-corrected chi connectivity index (χ3v) is 3.09. The smallest absolute Gasteiger partial charge is 0.273 e.